The summed E-state index contributed by atoms with van der Waals surface area (Å²) >= 11 is 3.52. The molecule has 2 heterocycles. The lowest BCUT2D eigenvalue weighted by atomic mass is 10.1. The second kappa shape index (κ2) is 4.69. The van der Waals surface area contributed by atoms with Gasteiger partial charge in [0.1, 0.15) is 0 Å². The van der Waals surface area contributed by atoms with Crippen LogP contribution in [0.5, 0.6) is 0 Å². The van der Waals surface area contributed by atoms with Gasteiger partial charge in [0.15, 0.2) is 0 Å². The Morgan fingerprint density at radius 2 is 2.29 bits per heavy atom. The molecule has 0 amide bonds. The highest BCUT2D eigenvalue weighted by Crippen LogP contribution is 2.25. The van der Waals surface area contributed by atoms with Gasteiger partial charge in [-0.25, -0.2) is 4.98 Å². The number of aromatic nitrogens is 2. The first-order valence-corrected chi connectivity index (χ1v) is 7.24. The minimum Gasteiger partial charge on any atom is -0.342 e. The van der Waals surface area contributed by atoms with Crippen molar-refractivity contribution in [3.8, 4) is 0 Å². The largest absolute Gasteiger partial charge is 0.342 e. The summed E-state index contributed by atoms with van der Waals surface area (Å²) in [7, 11) is 0. The monoisotopic (exact) mass is 293 g/mol. The van der Waals surface area contributed by atoms with Crippen molar-refractivity contribution in [3.63, 3.8) is 0 Å². The molecule has 3 nitrogen and oxygen atoms in total. The summed E-state index contributed by atoms with van der Waals surface area (Å²) in [6.45, 7) is 2.25. The lowest BCUT2D eigenvalue weighted by molar-refractivity contribution is 0.575. The predicted octanol–water partition coefficient (Wildman–Crippen LogP) is 3.17. The van der Waals surface area contributed by atoms with Gasteiger partial charge in [0, 0.05) is 18.4 Å². The van der Waals surface area contributed by atoms with Crippen LogP contribution in [0.4, 0.5) is 5.95 Å². The number of halogens is 1. The molecule has 0 saturated carbocycles. The van der Waals surface area contributed by atoms with Crippen molar-refractivity contribution in [1.82, 2.24) is 9.97 Å². The van der Waals surface area contributed by atoms with Crippen LogP contribution in [0.2, 0.25) is 0 Å². The summed E-state index contributed by atoms with van der Waals surface area (Å²) in [6, 6.07) is 8.21. The SMILES string of the molecule is BrCCC1CCN(c2nc3ccccc3[nH]2)C1. The van der Waals surface area contributed by atoms with Gasteiger partial charge in [-0.1, -0.05) is 28.1 Å². The molecular weight excluding hydrogens is 278 g/mol. The van der Waals surface area contributed by atoms with Crippen molar-refractivity contribution in [2.45, 2.75) is 12.8 Å². The fourth-order valence-corrected chi connectivity index (χ4v) is 3.15. The maximum Gasteiger partial charge on any atom is 0.203 e. The molecule has 2 aromatic rings. The molecule has 0 spiro atoms. The molecular formula is C13H16BrN3. The Kier molecular flexibility index (Phi) is 3.05. The lowest BCUT2D eigenvalue weighted by Crippen LogP contribution is -2.20. The van der Waals surface area contributed by atoms with E-state index in [1.54, 1.807) is 0 Å². The predicted molar refractivity (Wildman–Crippen MR) is 74.8 cm³/mol. The third kappa shape index (κ3) is 2.18. The summed E-state index contributed by atoms with van der Waals surface area (Å²) in [4.78, 5) is 10.4. The summed E-state index contributed by atoms with van der Waals surface area (Å²) in [6.07, 6.45) is 2.54. The first-order chi connectivity index (χ1) is 8.36. The average molecular weight is 294 g/mol. The van der Waals surface area contributed by atoms with Crippen LogP contribution in [-0.4, -0.2) is 28.4 Å². The highest BCUT2D eigenvalue weighted by Gasteiger charge is 2.23. The molecule has 90 valence electrons. The number of hydrogen-bond donors (Lipinski definition) is 1. The molecule has 0 radical (unpaired) electrons. The quantitative estimate of drug-likeness (QED) is 0.882. The van der Waals surface area contributed by atoms with Gasteiger partial charge >= 0.3 is 0 Å². The molecule has 1 saturated heterocycles. The lowest BCUT2D eigenvalue weighted by Gasteiger charge is -2.14. The Hall–Kier alpha value is -1.03. The Morgan fingerprint density at radius 3 is 3.12 bits per heavy atom. The molecule has 1 aliphatic rings. The van der Waals surface area contributed by atoms with Crippen molar-refractivity contribution >= 4 is 32.9 Å². The highest BCUT2D eigenvalue weighted by atomic mass is 79.9. The molecule has 1 atom stereocenters. The van der Waals surface area contributed by atoms with Gasteiger partial charge in [-0.05, 0) is 30.9 Å². The molecule has 1 N–H and O–H groups in total. The molecule has 1 aromatic carbocycles. The summed E-state index contributed by atoms with van der Waals surface area (Å²) in [5.74, 6) is 1.84. The number of para-hydroxylation sites is 2. The van der Waals surface area contributed by atoms with E-state index in [1.165, 1.54) is 12.8 Å². The summed E-state index contributed by atoms with van der Waals surface area (Å²) < 4.78 is 0. The number of nitrogens with zero attached hydrogens (tertiary/aromatic N) is 2. The highest BCUT2D eigenvalue weighted by molar-refractivity contribution is 9.09. The van der Waals surface area contributed by atoms with Crippen LogP contribution in [0.1, 0.15) is 12.8 Å². The van der Waals surface area contributed by atoms with E-state index >= 15 is 0 Å². The van der Waals surface area contributed by atoms with E-state index < -0.39 is 0 Å². The van der Waals surface area contributed by atoms with Crippen molar-refractivity contribution in [3.05, 3.63) is 24.3 Å². The molecule has 1 unspecified atom stereocenters. The molecule has 1 fully saturated rings. The van der Waals surface area contributed by atoms with Crippen molar-refractivity contribution in [2.24, 2.45) is 5.92 Å². The van der Waals surface area contributed by atoms with Gasteiger partial charge in [-0.2, -0.15) is 0 Å². The second-order valence-corrected chi connectivity index (χ2v) is 5.45. The van der Waals surface area contributed by atoms with E-state index in [4.69, 9.17) is 0 Å². The number of H-pyrrole nitrogens is 1. The van der Waals surface area contributed by atoms with Crippen LogP contribution in [-0.2, 0) is 0 Å². The number of alkyl halides is 1. The maximum atomic E-state index is 4.65. The number of benzene rings is 1. The molecule has 3 rings (SSSR count). The maximum absolute atomic E-state index is 4.65. The Bertz CT molecular complexity index is 475. The first-order valence-electron chi connectivity index (χ1n) is 6.12. The van der Waals surface area contributed by atoms with Crippen molar-refractivity contribution < 1.29 is 0 Å². The molecule has 4 heteroatoms. The Balaban J connectivity index is 1.80. The van der Waals surface area contributed by atoms with Crippen LogP contribution in [0.3, 0.4) is 0 Å². The van der Waals surface area contributed by atoms with Crippen LogP contribution in [0.15, 0.2) is 24.3 Å². The van der Waals surface area contributed by atoms with Crippen LogP contribution < -0.4 is 4.90 Å². The standard InChI is InChI=1S/C13H16BrN3/c14-7-5-10-6-8-17(9-10)13-15-11-3-1-2-4-12(11)16-13/h1-4,10H,5-9H2,(H,15,16). The van der Waals surface area contributed by atoms with E-state index in [0.29, 0.717) is 0 Å². The number of anilines is 1. The number of aromatic amines is 1. The third-order valence-electron chi connectivity index (χ3n) is 3.48. The number of nitrogens with one attached hydrogen (secondary N) is 1. The van der Waals surface area contributed by atoms with Crippen LogP contribution >= 0.6 is 15.9 Å². The van der Waals surface area contributed by atoms with Crippen LogP contribution in [0, 0.1) is 5.92 Å². The zero-order valence-electron chi connectivity index (χ0n) is 9.69. The third-order valence-corrected chi connectivity index (χ3v) is 3.94. The average Bonchev–Trinajstić information content (AvgIpc) is 2.94. The second-order valence-electron chi connectivity index (χ2n) is 4.66. The molecule has 1 aromatic heterocycles. The van der Waals surface area contributed by atoms with E-state index in [1.807, 2.05) is 12.1 Å². The number of fused-ring (bicyclic) bond motifs is 1. The first kappa shape index (κ1) is 11.1. The van der Waals surface area contributed by atoms with Crippen LogP contribution in [0.25, 0.3) is 11.0 Å². The van der Waals surface area contributed by atoms with Gasteiger partial charge in [0.05, 0.1) is 11.0 Å². The van der Waals surface area contributed by atoms with Gasteiger partial charge in [-0.3, -0.25) is 0 Å². The molecule has 0 aliphatic carbocycles. The number of hydrogen-bond acceptors (Lipinski definition) is 2. The number of imidazole rings is 1. The van der Waals surface area contributed by atoms with E-state index in [9.17, 15) is 0 Å². The van der Waals surface area contributed by atoms with Crippen molar-refractivity contribution in [1.29, 1.82) is 0 Å². The minimum atomic E-state index is 0.808. The van der Waals surface area contributed by atoms with Gasteiger partial charge in [0.2, 0.25) is 5.95 Å². The topological polar surface area (TPSA) is 31.9 Å². The molecule has 1 aliphatic heterocycles. The molecule has 0 bridgehead atoms. The number of rotatable bonds is 3. The molecule has 17 heavy (non-hydrogen) atoms. The zero-order valence-corrected chi connectivity index (χ0v) is 11.3. The fourth-order valence-electron chi connectivity index (χ4n) is 2.50. The van der Waals surface area contributed by atoms with Gasteiger partial charge in [-0.15, -0.1) is 0 Å². The van der Waals surface area contributed by atoms with E-state index in [2.05, 4.69) is 42.9 Å². The van der Waals surface area contributed by atoms with E-state index in [-0.39, 0.29) is 0 Å². The van der Waals surface area contributed by atoms with Gasteiger partial charge < -0.3 is 9.88 Å². The summed E-state index contributed by atoms with van der Waals surface area (Å²) in [5.41, 5.74) is 2.19. The summed E-state index contributed by atoms with van der Waals surface area (Å²) in [5, 5.41) is 1.10. The Labute approximate surface area is 109 Å². The van der Waals surface area contributed by atoms with E-state index in [0.717, 1.165) is 41.3 Å². The minimum absolute atomic E-state index is 0.808. The Morgan fingerprint density at radius 1 is 1.41 bits per heavy atom. The zero-order chi connectivity index (χ0) is 11.7. The smallest absolute Gasteiger partial charge is 0.203 e. The normalized spacial score (nSPS) is 20.3. The fraction of sp³-hybridized carbons (Fsp3) is 0.462. The van der Waals surface area contributed by atoms with Gasteiger partial charge in [0.25, 0.3) is 0 Å². The van der Waals surface area contributed by atoms with Crippen molar-refractivity contribution in [2.75, 3.05) is 23.3 Å².